The zero-order valence-corrected chi connectivity index (χ0v) is 23.4. The van der Waals surface area contributed by atoms with E-state index in [0.717, 1.165) is 36.0 Å². The minimum Gasteiger partial charge on any atom is -0.444 e. The van der Waals surface area contributed by atoms with Crippen LogP contribution in [0.1, 0.15) is 83.0 Å². The first kappa shape index (κ1) is 29.0. The van der Waals surface area contributed by atoms with Crippen LogP contribution in [0, 0.1) is 13.8 Å². The molecule has 35 heavy (non-hydrogen) atoms. The lowest BCUT2D eigenvalue weighted by atomic mass is 9.86. The van der Waals surface area contributed by atoms with Gasteiger partial charge in [0, 0.05) is 12.1 Å². The number of hydrogen-bond donors (Lipinski definition) is 2. The van der Waals surface area contributed by atoms with Gasteiger partial charge < -0.3 is 20.3 Å². The van der Waals surface area contributed by atoms with E-state index < -0.39 is 23.8 Å². The Bertz CT molecular complexity index is 873. The van der Waals surface area contributed by atoms with Crippen LogP contribution < -0.4 is 10.6 Å². The average molecular weight is 506 g/mol. The topological polar surface area (TPSA) is 87.7 Å². The number of hydrogen-bond acceptors (Lipinski definition) is 5. The number of alkyl carbamates (subject to hydrolysis) is 1. The second-order valence-corrected chi connectivity index (χ2v) is 11.7. The molecular weight excluding hydrogens is 462 g/mol. The highest BCUT2D eigenvalue weighted by atomic mass is 32.2. The van der Waals surface area contributed by atoms with E-state index in [2.05, 4.69) is 10.6 Å². The van der Waals surface area contributed by atoms with Crippen LogP contribution in [0.3, 0.4) is 0 Å². The van der Waals surface area contributed by atoms with Crippen molar-refractivity contribution in [2.24, 2.45) is 0 Å². The molecule has 1 saturated carbocycles. The van der Waals surface area contributed by atoms with Gasteiger partial charge in [0.25, 0.3) is 0 Å². The van der Waals surface area contributed by atoms with E-state index >= 15 is 0 Å². The van der Waals surface area contributed by atoms with Crippen LogP contribution in [0.15, 0.2) is 18.2 Å². The minimum atomic E-state index is -0.781. The van der Waals surface area contributed by atoms with Gasteiger partial charge in [-0.3, -0.25) is 9.59 Å². The van der Waals surface area contributed by atoms with Crippen molar-refractivity contribution in [1.82, 2.24) is 15.5 Å². The number of carbonyl (C=O) groups is 3. The van der Waals surface area contributed by atoms with Crippen molar-refractivity contribution in [2.45, 2.75) is 104 Å². The van der Waals surface area contributed by atoms with Gasteiger partial charge in [-0.05, 0) is 103 Å². The minimum absolute atomic E-state index is 0.0540. The lowest BCUT2D eigenvalue weighted by molar-refractivity contribution is -0.147. The fraction of sp³-hybridized carbons (Fsp3) is 0.667. The van der Waals surface area contributed by atoms with Crippen molar-refractivity contribution in [3.05, 3.63) is 34.9 Å². The molecule has 0 heterocycles. The quantitative estimate of drug-likeness (QED) is 0.472. The number of ether oxygens (including phenoxy) is 1. The van der Waals surface area contributed by atoms with Crippen LogP contribution >= 0.6 is 11.8 Å². The van der Waals surface area contributed by atoms with Gasteiger partial charge in [0.1, 0.15) is 17.7 Å². The van der Waals surface area contributed by atoms with Gasteiger partial charge in [-0.25, -0.2) is 4.79 Å². The summed E-state index contributed by atoms with van der Waals surface area (Å²) in [6.45, 7) is 13.2. The number of nitrogens with zero attached hydrogens (tertiary/aromatic N) is 1. The monoisotopic (exact) mass is 505 g/mol. The zero-order valence-electron chi connectivity index (χ0n) is 22.6. The lowest BCUT2D eigenvalue weighted by Gasteiger charge is -2.44. The molecule has 196 valence electrons. The van der Waals surface area contributed by atoms with Crippen molar-refractivity contribution in [1.29, 1.82) is 0 Å². The molecule has 2 N–H and O–H groups in total. The van der Waals surface area contributed by atoms with E-state index in [4.69, 9.17) is 4.74 Å². The number of rotatable bonds is 10. The fourth-order valence-electron chi connectivity index (χ4n) is 4.32. The van der Waals surface area contributed by atoms with E-state index in [9.17, 15) is 14.4 Å². The highest BCUT2D eigenvalue weighted by Crippen LogP contribution is 2.36. The maximum atomic E-state index is 14.2. The normalized spacial score (nSPS) is 15.7. The average Bonchev–Trinajstić information content (AvgIpc) is 2.68. The number of benzene rings is 1. The van der Waals surface area contributed by atoms with E-state index in [1.807, 2.05) is 52.1 Å². The Morgan fingerprint density at radius 2 is 1.71 bits per heavy atom. The van der Waals surface area contributed by atoms with Crippen LogP contribution in [0.2, 0.25) is 0 Å². The first-order valence-corrected chi connectivity index (χ1v) is 13.9. The summed E-state index contributed by atoms with van der Waals surface area (Å²) in [7, 11) is 0. The van der Waals surface area contributed by atoms with Crippen molar-refractivity contribution in [3.8, 4) is 0 Å². The summed E-state index contributed by atoms with van der Waals surface area (Å²) >= 11 is 1.61. The Morgan fingerprint density at radius 1 is 1.11 bits per heavy atom. The van der Waals surface area contributed by atoms with E-state index in [0.29, 0.717) is 12.2 Å². The molecule has 0 aliphatic heterocycles. The van der Waals surface area contributed by atoms with Crippen LogP contribution in [-0.4, -0.2) is 58.5 Å². The van der Waals surface area contributed by atoms with Gasteiger partial charge in [-0.15, -0.1) is 0 Å². The molecule has 2 unspecified atom stereocenters. The molecule has 1 aromatic carbocycles. The highest BCUT2D eigenvalue weighted by Gasteiger charge is 2.42. The molecule has 1 aliphatic carbocycles. The molecule has 1 aliphatic rings. The van der Waals surface area contributed by atoms with Gasteiger partial charge in [0.15, 0.2) is 0 Å². The summed E-state index contributed by atoms with van der Waals surface area (Å²) < 4.78 is 5.46. The smallest absolute Gasteiger partial charge is 0.408 e. The van der Waals surface area contributed by atoms with Crippen LogP contribution in [0.5, 0.6) is 0 Å². The van der Waals surface area contributed by atoms with Gasteiger partial charge in [0.2, 0.25) is 11.8 Å². The van der Waals surface area contributed by atoms with E-state index in [1.54, 1.807) is 37.4 Å². The van der Waals surface area contributed by atoms with Gasteiger partial charge in [-0.1, -0.05) is 18.2 Å². The number of carbonyl (C=O) groups excluding carboxylic acids is 3. The van der Waals surface area contributed by atoms with Crippen molar-refractivity contribution >= 4 is 29.7 Å². The Labute approximate surface area is 215 Å². The molecule has 0 saturated heterocycles. The van der Waals surface area contributed by atoms with Gasteiger partial charge in [-0.2, -0.15) is 11.8 Å². The second-order valence-electron chi connectivity index (χ2n) is 10.7. The SMILES string of the molecule is CSCCC(NC(=O)OC(C)(C)C)C(=O)N(C1CCC1)C(C(=O)NC(C)C)c1c(C)cccc1C. The molecule has 0 radical (unpaired) electrons. The number of aryl methyl sites for hydroxylation is 2. The third-order valence-corrected chi connectivity index (χ3v) is 6.74. The number of thioether (sulfide) groups is 1. The largest absolute Gasteiger partial charge is 0.444 e. The lowest BCUT2D eigenvalue weighted by Crippen LogP contribution is -2.58. The van der Waals surface area contributed by atoms with Gasteiger partial charge >= 0.3 is 6.09 Å². The van der Waals surface area contributed by atoms with Crippen LogP contribution in [-0.2, 0) is 14.3 Å². The third-order valence-electron chi connectivity index (χ3n) is 6.10. The fourth-order valence-corrected chi connectivity index (χ4v) is 4.80. The summed E-state index contributed by atoms with van der Waals surface area (Å²) in [5.74, 6) is 0.261. The van der Waals surface area contributed by atoms with Crippen molar-refractivity contribution < 1.29 is 19.1 Å². The summed E-state index contributed by atoms with van der Waals surface area (Å²) in [6, 6.07) is 4.25. The summed E-state index contributed by atoms with van der Waals surface area (Å²) in [5, 5.41) is 5.85. The molecule has 0 aromatic heterocycles. The van der Waals surface area contributed by atoms with E-state index in [1.165, 1.54) is 0 Å². The standard InChI is InChI=1S/C27H43N3O4S/c1-17(2)28-24(31)23(22-18(3)11-9-12-19(22)4)30(20-13-10-14-20)25(32)21(15-16-35-8)29-26(33)34-27(5,6)7/h9,11-12,17,20-21,23H,10,13-16H2,1-8H3,(H,28,31)(H,29,33). The molecule has 2 rings (SSSR count). The Balaban J connectivity index is 2.53. The highest BCUT2D eigenvalue weighted by molar-refractivity contribution is 7.98. The molecule has 7 nitrogen and oxygen atoms in total. The molecule has 8 heteroatoms. The first-order chi connectivity index (χ1) is 16.4. The first-order valence-electron chi connectivity index (χ1n) is 12.5. The third kappa shape index (κ3) is 8.16. The molecule has 0 bridgehead atoms. The molecule has 0 spiro atoms. The second kappa shape index (κ2) is 12.7. The molecule has 1 aromatic rings. The summed E-state index contributed by atoms with van der Waals surface area (Å²) in [6.07, 6.45) is 4.48. The Kier molecular flexibility index (Phi) is 10.5. The van der Waals surface area contributed by atoms with Crippen molar-refractivity contribution in [3.63, 3.8) is 0 Å². The van der Waals surface area contributed by atoms with E-state index in [-0.39, 0.29) is 23.9 Å². The predicted molar refractivity (Wildman–Crippen MR) is 143 cm³/mol. The Morgan fingerprint density at radius 3 is 2.17 bits per heavy atom. The molecule has 2 atom stereocenters. The molecule has 3 amide bonds. The summed E-state index contributed by atoms with van der Waals surface area (Å²) in [5.41, 5.74) is 2.10. The predicted octanol–water partition coefficient (Wildman–Crippen LogP) is 4.90. The zero-order chi connectivity index (χ0) is 26.3. The maximum Gasteiger partial charge on any atom is 0.408 e. The maximum absolute atomic E-state index is 14.2. The van der Waals surface area contributed by atoms with Crippen LogP contribution in [0.4, 0.5) is 4.79 Å². The number of amides is 3. The van der Waals surface area contributed by atoms with Gasteiger partial charge in [0.05, 0.1) is 0 Å². The molecule has 1 fully saturated rings. The van der Waals surface area contributed by atoms with Crippen LogP contribution in [0.25, 0.3) is 0 Å². The Hall–Kier alpha value is -2.22. The van der Waals surface area contributed by atoms with Crippen molar-refractivity contribution in [2.75, 3.05) is 12.0 Å². The number of nitrogens with one attached hydrogen (secondary N) is 2. The molecular formula is C27H43N3O4S. The summed E-state index contributed by atoms with van der Waals surface area (Å²) in [4.78, 5) is 42.3.